The van der Waals surface area contributed by atoms with Gasteiger partial charge in [-0.2, -0.15) is 0 Å². The van der Waals surface area contributed by atoms with Crippen molar-refractivity contribution in [1.82, 2.24) is 0 Å². The standard InChI is InChI=1S/C6H12.C4H6/c1-4-5-6(2)3;1-3-4-2/h5H,4H2,1-3H3;3-4H,1-2H2. The Kier molecular flexibility index (Phi) is 13.2. The molecule has 0 aliphatic carbocycles. The summed E-state index contributed by atoms with van der Waals surface area (Å²) in [6.45, 7) is 13.1. The fourth-order valence-electron chi connectivity index (χ4n) is 0.408. The molecule has 0 bridgehead atoms. The summed E-state index contributed by atoms with van der Waals surface area (Å²) in [7, 11) is 0. The van der Waals surface area contributed by atoms with Crippen LogP contribution in [0, 0.1) is 0 Å². The molecule has 0 aliphatic heterocycles. The highest BCUT2D eigenvalue weighted by molar-refractivity contribution is 4.91. The Labute approximate surface area is 65.0 Å². The van der Waals surface area contributed by atoms with E-state index >= 15 is 0 Å². The first-order chi connectivity index (χ1) is 4.68. The quantitative estimate of drug-likeness (QED) is 0.403. The Balaban J connectivity index is 0. The van der Waals surface area contributed by atoms with Crippen molar-refractivity contribution in [3.05, 3.63) is 37.0 Å². The second-order valence-electron chi connectivity index (χ2n) is 2.16. The molecule has 0 nitrogen and oxygen atoms in total. The molecular weight excluding hydrogens is 120 g/mol. The van der Waals surface area contributed by atoms with Crippen LogP contribution in [0.2, 0.25) is 0 Å². The molecule has 0 spiro atoms. The van der Waals surface area contributed by atoms with Gasteiger partial charge in [-0.1, -0.05) is 43.9 Å². The molecule has 0 aromatic carbocycles. The van der Waals surface area contributed by atoms with Crippen LogP contribution in [0.25, 0.3) is 0 Å². The van der Waals surface area contributed by atoms with Gasteiger partial charge in [-0.3, -0.25) is 0 Å². The van der Waals surface area contributed by atoms with Gasteiger partial charge in [0.1, 0.15) is 0 Å². The zero-order chi connectivity index (χ0) is 8.41. The predicted molar refractivity (Wildman–Crippen MR) is 50.1 cm³/mol. The third-order valence-corrected chi connectivity index (χ3v) is 0.779. The molecule has 0 fully saturated rings. The third-order valence-electron chi connectivity index (χ3n) is 0.779. The van der Waals surface area contributed by atoms with Crippen LogP contribution < -0.4 is 0 Å². The summed E-state index contributed by atoms with van der Waals surface area (Å²) in [4.78, 5) is 0. The molecule has 0 aliphatic rings. The van der Waals surface area contributed by atoms with Crippen molar-refractivity contribution < 1.29 is 0 Å². The summed E-state index contributed by atoms with van der Waals surface area (Å²) in [5.74, 6) is 0. The highest BCUT2D eigenvalue weighted by Gasteiger charge is 1.67. The maximum atomic E-state index is 3.36. The minimum absolute atomic E-state index is 1.17. The average molecular weight is 138 g/mol. The highest BCUT2D eigenvalue weighted by atomic mass is 13.7. The van der Waals surface area contributed by atoms with Crippen LogP contribution in [0.1, 0.15) is 27.2 Å². The largest absolute Gasteiger partial charge is 0.0991 e. The molecule has 0 saturated carbocycles. The fourth-order valence-corrected chi connectivity index (χ4v) is 0.408. The highest BCUT2D eigenvalue weighted by Crippen LogP contribution is 1.89. The Morgan fingerprint density at radius 3 is 1.60 bits per heavy atom. The third kappa shape index (κ3) is 26.9. The molecule has 0 heterocycles. The summed E-state index contributed by atoms with van der Waals surface area (Å²) in [6, 6.07) is 0. The molecule has 10 heavy (non-hydrogen) atoms. The van der Waals surface area contributed by atoms with E-state index in [4.69, 9.17) is 0 Å². The maximum Gasteiger partial charge on any atom is -0.0377 e. The van der Waals surface area contributed by atoms with E-state index in [0.29, 0.717) is 0 Å². The van der Waals surface area contributed by atoms with Crippen molar-refractivity contribution in [3.8, 4) is 0 Å². The lowest BCUT2D eigenvalue weighted by atomic mass is 10.3. The molecule has 0 N–H and O–H groups in total. The minimum atomic E-state index is 1.17. The first kappa shape index (κ1) is 12.0. The van der Waals surface area contributed by atoms with Crippen LogP contribution in [-0.4, -0.2) is 0 Å². The fraction of sp³-hybridized carbons (Fsp3) is 0.400. The van der Waals surface area contributed by atoms with Crippen LogP contribution in [0.3, 0.4) is 0 Å². The first-order valence-corrected chi connectivity index (χ1v) is 3.55. The van der Waals surface area contributed by atoms with Crippen molar-refractivity contribution in [1.29, 1.82) is 0 Å². The van der Waals surface area contributed by atoms with Crippen molar-refractivity contribution in [3.63, 3.8) is 0 Å². The predicted octanol–water partition coefficient (Wildman–Crippen LogP) is 3.72. The van der Waals surface area contributed by atoms with Gasteiger partial charge in [0, 0.05) is 0 Å². The molecule has 0 amide bonds. The number of allylic oxidation sites excluding steroid dienone is 4. The van der Waals surface area contributed by atoms with Crippen LogP contribution in [0.15, 0.2) is 37.0 Å². The molecule has 0 radical (unpaired) electrons. The normalized spacial score (nSPS) is 6.70. The van der Waals surface area contributed by atoms with Crippen molar-refractivity contribution >= 4 is 0 Å². The van der Waals surface area contributed by atoms with Gasteiger partial charge in [-0.15, -0.1) is 0 Å². The summed E-state index contributed by atoms with van der Waals surface area (Å²) in [6.07, 6.45) is 6.66. The molecule has 0 rings (SSSR count). The van der Waals surface area contributed by atoms with E-state index in [9.17, 15) is 0 Å². The topological polar surface area (TPSA) is 0 Å². The van der Waals surface area contributed by atoms with E-state index in [0.717, 1.165) is 0 Å². The first-order valence-electron chi connectivity index (χ1n) is 3.55. The summed E-state index contributed by atoms with van der Waals surface area (Å²) < 4.78 is 0. The van der Waals surface area contributed by atoms with Gasteiger partial charge in [-0.25, -0.2) is 0 Å². The summed E-state index contributed by atoms with van der Waals surface area (Å²) >= 11 is 0. The van der Waals surface area contributed by atoms with Crippen molar-refractivity contribution in [2.24, 2.45) is 0 Å². The SMILES string of the molecule is C=CC=C.CCC=C(C)C. The lowest BCUT2D eigenvalue weighted by Crippen LogP contribution is -1.58. The molecular formula is C10H18. The Morgan fingerprint density at radius 2 is 1.60 bits per heavy atom. The minimum Gasteiger partial charge on any atom is -0.0991 e. The van der Waals surface area contributed by atoms with Gasteiger partial charge in [-0.05, 0) is 20.3 Å². The molecule has 0 atom stereocenters. The van der Waals surface area contributed by atoms with Gasteiger partial charge in [0.15, 0.2) is 0 Å². The van der Waals surface area contributed by atoms with Crippen LogP contribution >= 0.6 is 0 Å². The monoisotopic (exact) mass is 138 g/mol. The van der Waals surface area contributed by atoms with E-state index in [1.165, 1.54) is 12.0 Å². The van der Waals surface area contributed by atoms with Crippen LogP contribution in [0.5, 0.6) is 0 Å². The molecule has 0 aromatic heterocycles. The van der Waals surface area contributed by atoms with E-state index < -0.39 is 0 Å². The molecule has 58 valence electrons. The van der Waals surface area contributed by atoms with Crippen LogP contribution in [-0.2, 0) is 0 Å². The van der Waals surface area contributed by atoms with Gasteiger partial charge in [0.25, 0.3) is 0 Å². The lowest BCUT2D eigenvalue weighted by Gasteiger charge is -1.80. The second kappa shape index (κ2) is 11.1. The number of rotatable bonds is 2. The molecule has 0 aromatic rings. The average Bonchev–Trinajstić information content (AvgIpc) is 1.89. The van der Waals surface area contributed by atoms with Gasteiger partial charge >= 0.3 is 0 Å². The zero-order valence-corrected chi connectivity index (χ0v) is 7.35. The number of hydrogen-bond acceptors (Lipinski definition) is 0. The second-order valence-corrected chi connectivity index (χ2v) is 2.16. The van der Waals surface area contributed by atoms with Crippen molar-refractivity contribution in [2.45, 2.75) is 27.2 Å². The zero-order valence-electron chi connectivity index (χ0n) is 7.35. The Hall–Kier alpha value is -0.780. The Bertz CT molecular complexity index is 97.2. The van der Waals surface area contributed by atoms with E-state index in [-0.39, 0.29) is 0 Å². The van der Waals surface area contributed by atoms with Crippen molar-refractivity contribution in [2.75, 3.05) is 0 Å². The molecule has 0 saturated heterocycles. The van der Waals surface area contributed by atoms with Gasteiger partial charge in [0.05, 0.1) is 0 Å². The number of hydrogen-bond donors (Lipinski definition) is 0. The van der Waals surface area contributed by atoms with Crippen LogP contribution in [0.4, 0.5) is 0 Å². The van der Waals surface area contributed by atoms with Gasteiger partial charge in [0.2, 0.25) is 0 Å². The summed E-state index contributed by atoms with van der Waals surface area (Å²) in [5, 5.41) is 0. The molecule has 0 unspecified atom stereocenters. The summed E-state index contributed by atoms with van der Waals surface area (Å²) in [5.41, 5.74) is 1.41. The molecule has 0 heteroatoms. The smallest absolute Gasteiger partial charge is 0.0377 e. The van der Waals surface area contributed by atoms with Gasteiger partial charge < -0.3 is 0 Å². The van der Waals surface area contributed by atoms with E-state index in [2.05, 4.69) is 40.0 Å². The van der Waals surface area contributed by atoms with E-state index in [1.54, 1.807) is 12.2 Å². The Morgan fingerprint density at radius 1 is 1.20 bits per heavy atom. The van der Waals surface area contributed by atoms with E-state index in [1.807, 2.05) is 0 Å². The maximum absolute atomic E-state index is 3.36. The lowest BCUT2D eigenvalue weighted by molar-refractivity contribution is 1.18.